The summed E-state index contributed by atoms with van der Waals surface area (Å²) in [7, 11) is 1.36. The second-order valence-electron chi connectivity index (χ2n) is 8.18. The van der Waals surface area contributed by atoms with Crippen molar-refractivity contribution in [2.75, 3.05) is 18.9 Å². The molecular weight excluding hydrogens is 473 g/mol. The molecule has 0 atom stereocenters. The van der Waals surface area contributed by atoms with Crippen LogP contribution in [0.2, 0.25) is 5.02 Å². The summed E-state index contributed by atoms with van der Waals surface area (Å²) in [5.41, 5.74) is -1.53. The van der Waals surface area contributed by atoms with Crippen LogP contribution in [0.5, 0.6) is 0 Å². The molecule has 0 fully saturated rings. The maximum Gasteiger partial charge on any atom is 0.417 e. The minimum atomic E-state index is -4.68. The Balaban J connectivity index is 1.84. The molecule has 0 aliphatic carbocycles. The number of carbonyl (C=O) groups excluding carboxylic acids is 2. The van der Waals surface area contributed by atoms with Gasteiger partial charge in [0.05, 0.1) is 22.5 Å². The number of aromatic nitrogens is 2. The molecule has 7 nitrogen and oxygen atoms in total. The van der Waals surface area contributed by atoms with E-state index >= 15 is 0 Å². The lowest BCUT2D eigenvalue weighted by molar-refractivity contribution is -0.137. The molecule has 0 bridgehead atoms. The van der Waals surface area contributed by atoms with Gasteiger partial charge in [-0.2, -0.15) is 18.3 Å². The maximum absolute atomic E-state index is 13.1. The Hall–Kier alpha value is -3.40. The van der Waals surface area contributed by atoms with Crippen LogP contribution in [-0.4, -0.2) is 40.1 Å². The van der Waals surface area contributed by atoms with Crippen LogP contribution in [0.15, 0.2) is 47.3 Å². The minimum Gasteiger partial charge on any atom is -0.331 e. The molecule has 0 aliphatic rings. The first-order valence-corrected chi connectivity index (χ1v) is 10.7. The molecule has 0 aliphatic heterocycles. The Morgan fingerprint density at radius 1 is 1.15 bits per heavy atom. The van der Waals surface area contributed by atoms with Crippen LogP contribution in [0.1, 0.15) is 29.9 Å². The summed E-state index contributed by atoms with van der Waals surface area (Å²) in [6.07, 6.45) is -4.68. The molecule has 0 spiro atoms. The Bertz CT molecular complexity index is 1300. The third kappa shape index (κ3) is 5.56. The fourth-order valence-electron chi connectivity index (χ4n) is 3.35. The first-order chi connectivity index (χ1) is 15.9. The van der Waals surface area contributed by atoms with Crippen molar-refractivity contribution in [1.29, 1.82) is 0 Å². The van der Waals surface area contributed by atoms with Crippen molar-refractivity contribution in [2.24, 2.45) is 5.92 Å². The molecule has 34 heavy (non-hydrogen) atoms. The SMILES string of the molecule is CC(C)Cn1nc(C(=O)N(C)CC(=O)Nc2ccc(Cl)c(C(F)(F)F)c2)c2ccccc2c1=O. The molecule has 3 rings (SSSR count). The Morgan fingerprint density at radius 2 is 1.79 bits per heavy atom. The number of alkyl halides is 3. The number of rotatable bonds is 6. The number of anilines is 1. The Kier molecular flexibility index (Phi) is 7.30. The van der Waals surface area contributed by atoms with Gasteiger partial charge in [-0.25, -0.2) is 4.68 Å². The highest BCUT2D eigenvalue weighted by atomic mass is 35.5. The molecule has 1 N–H and O–H groups in total. The predicted molar refractivity (Wildman–Crippen MR) is 123 cm³/mol. The third-order valence-corrected chi connectivity index (χ3v) is 5.22. The number of benzene rings is 2. The maximum atomic E-state index is 13.1. The normalized spacial score (nSPS) is 11.6. The standard InChI is InChI=1S/C23H22ClF3N4O3/c1-13(2)11-31-21(33)16-7-5-4-6-15(16)20(29-31)22(34)30(3)12-19(32)28-14-8-9-18(24)17(10-14)23(25,26)27/h4-10,13H,11-12H2,1-3H3,(H,28,32). The number of nitrogens with zero attached hydrogens (tertiary/aromatic N) is 3. The van der Waals surface area contributed by atoms with Crippen LogP contribution in [-0.2, 0) is 17.5 Å². The van der Waals surface area contributed by atoms with E-state index in [4.69, 9.17) is 11.6 Å². The number of hydrogen-bond acceptors (Lipinski definition) is 4. The van der Waals surface area contributed by atoms with Gasteiger partial charge < -0.3 is 10.2 Å². The number of fused-ring (bicyclic) bond motifs is 1. The van der Waals surface area contributed by atoms with E-state index in [1.54, 1.807) is 24.3 Å². The van der Waals surface area contributed by atoms with E-state index in [0.717, 1.165) is 17.0 Å². The van der Waals surface area contributed by atoms with Gasteiger partial charge in [0, 0.05) is 24.7 Å². The zero-order chi connectivity index (χ0) is 25.2. The largest absolute Gasteiger partial charge is 0.417 e. The first kappa shape index (κ1) is 25.2. The van der Waals surface area contributed by atoms with Gasteiger partial charge in [0.15, 0.2) is 5.69 Å². The van der Waals surface area contributed by atoms with Crippen LogP contribution in [0.4, 0.5) is 18.9 Å². The molecule has 0 saturated carbocycles. The zero-order valence-electron chi connectivity index (χ0n) is 18.6. The van der Waals surface area contributed by atoms with Crippen molar-refractivity contribution >= 4 is 39.9 Å². The van der Waals surface area contributed by atoms with Crippen molar-refractivity contribution in [3.05, 3.63) is 69.1 Å². The van der Waals surface area contributed by atoms with Gasteiger partial charge in [0.1, 0.15) is 0 Å². The predicted octanol–water partition coefficient (Wildman–Crippen LogP) is 4.44. The van der Waals surface area contributed by atoms with E-state index in [1.807, 2.05) is 13.8 Å². The van der Waals surface area contributed by atoms with Gasteiger partial charge >= 0.3 is 6.18 Å². The number of amides is 2. The highest BCUT2D eigenvalue weighted by Gasteiger charge is 2.33. The average Bonchev–Trinajstić information content (AvgIpc) is 2.75. The molecule has 11 heteroatoms. The molecule has 0 unspecified atom stereocenters. The van der Waals surface area contributed by atoms with Gasteiger partial charge in [-0.3, -0.25) is 14.4 Å². The summed E-state index contributed by atoms with van der Waals surface area (Å²) in [6, 6.07) is 9.51. The second-order valence-corrected chi connectivity index (χ2v) is 8.58. The van der Waals surface area contributed by atoms with E-state index in [0.29, 0.717) is 17.3 Å². The number of nitrogens with one attached hydrogen (secondary N) is 1. The first-order valence-electron chi connectivity index (χ1n) is 10.3. The average molecular weight is 495 g/mol. The Labute approximate surface area is 198 Å². The van der Waals surface area contributed by atoms with E-state index in [-0.39, 0.29) is 22.9 Å². The number of likely N-dealkylation sites (N-methyl/N-ethyl adjacent to an activating group) is 1. The summed E-state index contributed by atoms with van der Waals surface area (Å²) < 4.78 is 40.4. The summed E-state index contributed by atoms with van der Waals surface area (Å²) in [4.78, 5) is 39.4. The smallest absolute Gasteiger partial charge is 0.331 e. The van der Waals surface area contributed by atoms with Crippen molar-refractivity contribution < 1.29 is 22.8 Å². The molecule has 1 aromatic heterocycles. The van der Waals surface area contributed by atoms with Crippen LogP contribution < -0.4 is 10.9 Å². The molecular formula is C23H22ClF3N4O3. The van der Waals surface area contributed by atoms with Crippen LogP contribution in [0, 0.1) is 5.92 Å². The van der Waals surface area contributed by atoms with Gasteiger partial charge in [-0.15, -0.1) is 0 Å². The van der Waals surface area contributed by atoms with Crippen molar-refractivity contribution in [3.63, 3.8) is 0 Å². The molecule has 0 radical (unpaired) electrons. The lowest BCUT2D eigenvalue weighted by Crippen LogP contribution is -2.37. The summed E-state index contributed by atoms with van der Waals surface area (Å²) >= 11 is 5.60. The molecule has 3 aromatic rings. The fourth-order valence-corrected chi connectivity index (χ4v) is 3.58. The minimum absolute atomic E-state index is 0.00278. The number of hydrogen-bond donors (Lipinski definition) is 1. The molecule has 0 saturated heterocycles. The number of carbonyl (C=O) groups is 2. The van der Waals surface area contributed by atoms with E-state index in [1.165, 1.54) is 17.8 Å². The third-order valence-electron chi connectivity index (χ3n) is 4.89. The van der Waals surface area contributed by atoms with Crippen LogP contribution in [0.25, 0.3) is 10.8 Å². The highest BCUT2D eigenvalue weighted by molar-refractivity contribution is 6.31. The van der Waals surface area contributed by atoms with Gasteiger partial charge in [0.2, 0.25) is 5.91 Å². The second kappa shape index (κ2) is 9.84. The van der Waals surface area contributed by atoms with Crippen molar-refractivity contribution in [3.8, 4) is 0 Å². The molecule has 2 aromatic carbocycles. The van der Waals surface area contributed by atoms with Crippen molar-refractivity contribution in [1.82, 2.24) is 14.7 Å². The molecule has 2 amide bonds. The summed E-state index contributed by atoms with van der Waals surface area (Å²) in [6.45, 7) is 3.65. The highest BCUT2D eigenvalue weighted by Crippen LogP contribution is 2.36. The van der Waals surface area contributed by atoms with Crippen molar-refractivity contribution in [2.45, 2.75) is 26.6 Å². The van der Waals surface area contributed by atoms with E-state index < -0.39 is 35.1 Å². The monoisotopic (exact) mass is 494 g/mol. The zero-order valence-corrected chi connectivity index (χ0v) is 19.4. The molecule has 180 valence electrons. The summed E-state index contributed by atoms with van der Waals surface area (Å²) in [5.74, 6) is -1.24. The van der Waals surface area contributed by atoms with Gasteiger partial charge in [-0.1, -0.05) is 43.6 Å². The van der Waals surface area contributed by atoms with Gasteiger partial charge in [-0.05, 0) is 30.2 Å². The lowest BCUT2D eigenvalue weighted by atomic mass is 10.1. The lowest BCUT2D eigenvalue weighted by Gasteiger charge is -2.19. The fraction of sp³-hybridized carbons (Fsp3) is 0.304. The number of halogens is 4. The van der Waals surface area contributed by atoms with E-state index in [2.05, 4.69) is 10.4 Å². The van der Waals surface area contributed by atoms with Crippen LogP contribution in [0.3, 0.4) is 0 Å². The topological polar surface area (TPSA) is 84.3 Å². The van der Waals surface area contributed by atoms with Gasteiger partial charge in [0.25, 0.3) is 11.5 Å². The quantitative estimate of drug-likeness (QED) is 0.549. The summed E-state index contributed by atoms with van der Waals surface area (Å²) in [5, 5.41) is 6.75. The van der Waals surface area contributed by atoms with E-state index in [9.17, 15) is 27.6 Å². The molecule has 1 heterocycles. The Morgan fingerprint density at radius 3 is 2.41 bits per heavy atom. The van der Waals surface area contributed by atoms with Crippen LogP contribution >= 0.6 is 11.6 Å².